The average molecular weight is 206 g/mol. The van der Waals surface area contributed by atoms with Crippen molar-refractivity contribution in [2.24, 2.45) is 0 Å². The molecule has 5 heteroatoms. The summed E-state index contributed by atoms with van der Waals surface area (Å²) >= 11 is 0. The van der Waals surface area contributed by atoms with Crippen LogP contribution in [0, 0.1) is 0 Å². The molecule has 1 heterocycles. The molecule has 0 bridgehead atoms. The van der Waals surface area contributed by atoms with E-state index in [2.05, 4.69) is 6.92 Å². The molecule has 1 saturated heterocycles. The van der Waals surface area contributed by atoms with Gasteiger partial charge in [0.15, 0.2) is 9.76 Å². The first-order chi connectivity index (χ1) is 6.36. The zero-order valence-electron chi connectivity index (χ0n) is 8.07. The van der Waals surface area contributed by atoms with Crippen molar-refractivity contribution in [1.29, 1.82) is 0 Å². The summed E-state index contributed by atoms with van der Waals surface area (Å²) in [6, 6.07) is 0. The minimum absolute atomic E-state index is 0.106. The van der Waals surface area contributed by atoms with Gasteiger partial charge in [0.25, 0.3) is 0 Å². The van der Waals surface area contributed by atoms with Crippen LogP contribution in [-0.2, 0) is 13.9 Å². The summed E-state index contributed by atoms with van der Waals surface area (Å²) in [6.07, 6.45) is 1.32. The topological polar surface area (TPSA) is 51.2 Å². The quantitative estimate of drug-likeness (QED) is 0.322. The molecule has 0 aromatic rings. The third-order valence-corrected chi connectivity index (χ3v) is 3.62. The predicted molar refractivity (Wildman–Crippen MR) is 51.4 cm³/mol. The first kappa shape index (κ1) is 11.1. The van der Waals surface area contributed by atoms with Crippen molar-refractivity contribution < 1.29 is 19.0 Å². The summed E-state index contributed by atoms with van der Waals surface area (Å²) in [4.78, 5) is 0. The molecular formula is C8H18O4Si. The Morgan fingerprint density at radius 2 is 2.46 bits per heavy atom. The molecule has 1 N–H and O–H groups in total. The Balaban J connectivity index is 1.95. The van der Waals surface area contributed by atoms with E-state index < -0.39 is 9.76 Å². The van der Waals surface area contributed by atoms with Crippen molar-refractivity contribution >= 4 is 9.76 Å². The Kier molecular flexibility index (Phi) is 5.57. The van der Waals surface area contributed by atoms with Crippen LogP contribution >= 0.6 is 0 Å². The molecule has 0 aromatic carbocycles. The standard InChI is InChI=1S/C8H18O4Si/c1-2-8(13-12-4-3-9)11-6-7-5-10-7/h7-9H,2-6,13H2,1H3. The predicted octanol–water partition coefficient (Wildman–Crippen LogP) is -0.769. The summed E-state index contributed by atoms with van der Waals surface area (Å²) in [6.45, 7) is 4.19. The normalized spacial score (nSPS) is 24.0. The fraction of sp³-hybridized carbons (Fsp3) is 1.00. The van der Waals surface area contributed by atoms with Crippen LogP contribution in [0.5, 0.6) is 0 Å². The summed E-state index contributed by atoms with van der Waals surface area (Å²) in [5, 5.41) is 8.52. The van der Waals surface area contributed by atoms with E-state index in [1.165, 1.54) is 0 Å². The summed E-state index contributed by atoms with van der Waals surface area (Å²) in [5.74, 6) is 0. The summed E-state index contributed by atoms with van der Waals surface area (Å²) in [5.41, 5.74) is 0.274. The van der Waals surface area contributed by atoms with Gasteiger partial charge in [-0.25, -0.2) is 0 Å². The van der Waals surface area contributed by atoms with Crippen molar-refractivity contribution in [3.63, 3.8) is 0 Å². The molecule has 2 unspecified atom stereocenters. The molecule has 1 aliphatic heterocycles. The highest BCUT2D eigenvalue weighted by Gasteiger charge is 2.23. The number of hydrogen-bond donors (Lipinski definition) is 1. The smallest absolute Gasteiger partial charge is 0.190 e. The molecule has 4 nitrogen and oxygen atoms in total. The third kappa shape index (κ3) is 5.38. The Bertz CT molecular complexity index is 129. The Morgan fingerprint density at radius 1 is 1.69 bits per heavy atom. The maximum Gasteiger partial charge on any atom is 0.190 e. The van der Waals surface area contributed by atoms with Gasteiger partial charge in [-0.05, 0) is 6.42 Å². The summed E-state index contributed by atoms with van der Waals surface area (Å²) in [7, 11) is -0.639. The van der Waals surface area contributed by atoms with E-state index in [1.807, 2.05) is 0 Å². The molecule has 1 rings (SSSR count). The number of aliphatic hydroxyl groups is 1. The van der Waals surface area contributed by atoms with Crippen LogP contribution in [0.3, 0.4) is 0 Å². The molecule has 0 saturated carbocycles. The van der Waals surface area contributed by atoms with E-state index in [0.29, 0.717) is 19.3 Å². The number of rotatable bonds is 8. The molecule has 0 amide bonds. The first-order valence-corrected chi connectivity index (χ1v) is 6.18. The van der Waals surface area contributed by atoms with Crippen LogP contribution in [0.15, 0.2) is 0 Å². The SMILES string of the molecule is CCC(OCC1CO1)[SiH2]OCCO. The average Bonchev–Trinajstić information content (AvgIpc) is 2.94. The molecule has 1 fully saturated rings. The second-order valence-corrected chi connectivity index (χ2v) is 4.77. The van der Waals surface area contributed by atoms with Gasteiger partial charge in [0.1, 0.15) is 6.10 Å². The maximum absolute atomic E-state index is 8.52. The van der Waals surface area contributed by atoms with Crippen LogP contribution in [0.1, 0.15) is 13.3 Å². The molecule has 0 aliphatic carbocycles. The molecule has 0 radical (unpaired) electrons. The van der Waals surface area contributed by atoms with Gasteiger partial charge in [-0.3, -0.25) is 0 Å². The van der Waals surface area contributed by atoms with Crippen LogP contribution in [-0.4, -0.2) is 53.1 Å². The number of epoxide rings is 1. The molecule has 0 spiro atoms. The summed E-state index contributed by atoms with van der Waals surface area (Å²) < 4.78 is 15.9. The number of ether oxygens (including phenoxy) is 2. The second-order valence-electron chi connectivity index (χ2n) is 3.12. The van der Waals surface area contributed by atoms with E-state index >= 15 is 0 Å². The van der Waals surface area contributed by atoms with Crippen molar-refractivity contribution in [2.45, 2.75) is 25.2 Å². The number of hydrogen-bond acceptors (Lipinski definition) is 4. The molecular weight excluding hydrogens is 188 g/mol. The van der Waals surface area contributed by atoms with Gasteiger partial charge in [-0.2, -0.15) is 0 Å². The largest absolute Gasteiger partial charge is 0.419 e. The van der Waals surface area contributed by atoms with Gasteiger partial charge in [0.2, 0.25) is 0 Å². The molecule has 78 valence electrons. The van der Waals surface area contributed by atoms with Gasteiger partial charge in [0.05, 0.1) is 32.2 Å². The monoisotopic (exact) mass is 206 g/mol. The van der Waals surface area contributed by atoms with E-state index in [4.69, 9.17) is 19.0 Å². The second kappa shape index (κ2) is 6.50. The van der Waals surface area contributed by atoms with Crippen molar-refractivity contribution in [2.75, 3.05) is 26.4 Å². The first-order valence-electron chi connectivity index (χ1n) is 4.78. The van der Waals surface area contributed by atoms with Crippen molar-refractivity contribution in [3.8, 4) is 0 Å². The lowest BCUT2D eigenvalue weighted by atomic mass is 10.5. The van der Waals surface area contributed by atoms with Crippen molar-refractivity contribution in [1.82, 2.24) is 0 Å². The van der Waals surface area contributed by atoms with Crippen LogP contribution in [0.4, 0.5) is 0 Å². The van der Waals surface area contributed by atoms with Gasteiger partial charge in [-0.1, -0.05) is 6.92 Å². The molecule has 0 aromatic heterocycles. The Labute approximate surface area is 81.1 Å². The third-order valence-electron chi connectivity index (χ3n) is 1.91. The van der Waals surface area contributed by atoms with Gasteiger partial charge < -0.3 is 19.0 Å². The van der Waals surface area contributed by atoms with Crippen LogP contribution in [0.25, 0.3) is 0 Å². The fourth-order valence-corrected chi connectivity index (χ4v) is 2.00. The lowest BCUT2D eigenvalue weighted by molar-refractivity contribution is 0.0749. The zero-order valence-corrected chi connectivity index (χ0v) is 9.48. The van der Waals surface area contributed by atoms with Crippen LogP contribution in [0.2, 0.25) is 0 Å². The van der Waals surface area contributed by atoms with Gasteiger partial charge >= 0.3 is 0 Å². The maximum atomic E-state index is 8.52. The minimum Gasteiger partial charge on any atom is -0.419 e. The van der Waals surface area contributed by atoms with Crippen LogP contribution < -0.4 is 0 Å². The lowest BCUT2D eigenvalue weighted by Crippen LogP contribution is -2.25. The number of aliphatic hydroxyl groups excluding tert-OH is 1. The zero-order chi connectivity index (χ0) is 9.52. The van der Waals surface area contributed by atoms with E-state index in [9.17, 15) is 0 Å². The highest BCUT2D eigenvalue weighted by molar-refractivity contribution is 6.29. The fourth-order valence-electron chi connectivity index (χ4n) is 0.971. The Hall–Kier alpha value is 0.0569. The van der Waals surface area contributed by atoms with Gasteiger partial charge in [-0.15, -0.1) is 0 Å². The van der Waals surface area contributed by atoms with Gasteiger partial charge in [0, 0.05) is 0 Å². The van der Waals surface area contributed by atoms with Crippen molar-refractivity contribution in [3.05, 3.63) is 0 Å². The van der Waals surface area contributed by atoms with E-state index in [1.54, 1.807) is 0 Å². The molecule has 2 atom stereocenters. The highest BCUT2D eigenvalue weighted by Crippen LogP contribution is 2.10. The lowest BCUT2D eigenvalue weighted by Gasteiger charge is -2.14. The van der Waals surface area contributed by atoms with E-state index in [-0.39, 0.29) is 12.3 Å². The van der Waals surface area contributed by atoms with E-state index in [0.717, 1.165) is 13.0 Å². The molecule has 1 aliphatic rings. The highest BCUT2D eigenvalue weighted by atomic mass is 28.2. The molecule has 13 heavy (non-hydrogen) atoms. The Morgan fingerprint density at radius 3 is 3.00 bits per heavy atom. The minimum atomic E-state index is -0.639.